The van der Waals surface area contributed by atoms with Crippen LogP contribution in [0, 0.1) is 0 Å². The van der Waals surface area contributed by atoms with E-state index in [-0.39, 0.29) is 0 Å². The molecule has 1 aliphatic heterocycles. The van der Waals surface area contributed by atoms with Crippen LogP contribution in [-0.4, -0.2) is 39.0 Å². The summed E-state index contributed by atoms with van der Waals surface area (Å²) in [6.07, 6.45) is 0.813. The summed E-state index contributed by atoms with van der Waals surface area (Å²) in [4.78, 5) is 8.58. The molecule has 2 rings (SSSR count). The maximum absolute atomic E-state index is 5.74. The van der Waals surface area contributed by atoms with Gasteiger partial charge in [-0.05, 0) is 0 Å². The predicted molar refractivity (Wildman–Crippen MR) is 77.9 cm³/mol. The summed E-state index contributed by atoms with van der Waals surface area (Å²) in [5.74, 6) is 5.96. The highest BCUT2D eigenvalue weighted by atomic mass is 32.2. The van der Waals surface area contributed by atoms with Crippen LogP contribution in [0.2, 0.25) is 0 Å². The van der Waals surface area contributed by atoms with Gasteiger partial charge in [-0.3, -0.25) is 0 Å². The molecular formula is C11H18N4S2. The Balaban J connectivity index is 1.91. The molecule has 1 fully saturated rings. The van der Waals surface area contributed by atoms with Gasteiger partial charge in [0.1, 0.15) is 17.5 Å². The maximum atomic E-state index is 5.74. The molecule has 0 bridgehead atoms. The molecule has 0 radical (unpaired) electrons. The minimum absolute atomic E-state index is 0.546. The fraction of sp³-hybridized carbons (Fsp3) is 0.636. The summed E-state index contributed by atoms with van der Waals surface area (Å²) in [5.41, 5.74) is 5.74. The molecule has 1 atom stereocenters. The van der Waals surface area contributed by atoms with Crippen molar-refractivity contribution >= 4 is 35.2 Å². The molecule has 0 aromatic carbocycles. The Morgan fingerprint density at radius 2 is 2.35 bits per heavy atom. The number of nitrogens with zero attached hydrogens (tertiary/aromatic N) is 2. The van der Waals surface area contributed by atoms with Gasteiger partial charge in [0.25, 0.3) is 0 Å². The molecule has 6 heteroatoms. The first kappa shape index (κ1) is 12.8. The van der Waals surface area contributed by atoms with Gasteiger partial charge in [0.2, 0.25) is 0 Å². The zero-order chi connectivity index (χ0) is 12.1. The van der Waals surface area contributed by atoms with Crippen LogP contribution in [0.25, 0.3) is 0 Å². The topological polar surface area (TPSA) is 63.8 Å². The van der Waals surface area contributed by atoms with E-state index in [1.807, 2.05) is 30.4 Å². The third kappa shape index (κ3) is 3.96. The van der Waals surface area contributed by atoms with Crippen molar-refractivity contribution in [2.75, 3.05) is 34.9 Å². The molecule has 1 saturated heterocycles. The third-order valence-electron chi connectivity index (χ3n) is 2.50. The molecule has 0 spiro atoms. The smallest absolute Gasteiger partial charge is 0.132 e. The summed E-state index contributed by atoms with van der Waals surface area (Å²) >= 11 is 4.07. The van der Waals surface area contributed by atoms with Crippen molar-refractivity contribution < 1.29 is 0 Å². The number of nitrogen functional groups attached to an aromatic ring is 1. The van der Waals surface area contributed by atoms with E-state index in [9.17, 15) is 0 Å². The first-order valence-electron chi connectivity index (χ1n) is 5.84. The first-order chi connectivity index (χ1) is 8.28. The second-order valence-corrected chi connectivity index (χ2v) is 6.45. The highest BCUT2D eigenvalue weighted by Crippen LogP contribution is 2.24. The van der Waals surface area contributed by atoms with E-state index in [0.717, 1.165) is 24.6 Å². The standard InChI is InChI=1S/C11H18N4S2/c1-2-10-14-9(12)5-11(15-10)13-6-8-7-16-3-4-17-8/h5,8H,2-4,6-7H2,1H3,(H3,12,13,14,15). The second-order valence-electron chi connectivity index (χ2n) is 3.90. The number of nitrogens with two attached hydrogens (primary N) is 1. The Morgan fingerprint density at radius 3 is 3.06 bits per heavy atom. The van der Waals surface area contributed by atoms with Crippen LogP contribution >= 0.6 is 23.5 Å². The number of hydrogen-bond acceptors (Lipinski definition) is 6. The number of thioether (sulfide) groups is 2. The van der Waals surface area contributed by atoms with E-state index < -0.39 is 0 Å². The fourth-order valence-corrected chi connectivity index (χ4v) is 4.25. The number of anilines is 2. The summed E-state index contributed by atoms with van der Waals surface area (Å²) in [6, 6.07) is 1.81. The molecule has 4 nitrogen and oxygen atoms in total. The SMILES string of the molecule is CCc1nc(N)cc(NCC2CSCCS2)n1. The lowest BCUT2D eigenvalue weighted by Gasteiger charge is -2.21. The van der Waals surface area contributed by atoms with Crippen molar-refractivity contribution in [3.05, 3.63) is 11.9 Å². The Hall–Kier alpha value is -0.620. The zero-order valence-electron chi connectivity index (χ0n) is 9.98. The van der Waals surface area contributed by atoms with Crippen LogP contribution in [0.3, 0.4) is 0 Å². The minimum Gasteiger partial charge on any atom is -0.384 e. The largest absolute Gasteiger partial charge is 0.384 e. The Bertz CT molecular complexity index is 366. The minimum atomic E-state index is 0.546. The van der Waals surface area contributed by atoms with Crippen LogP contribution in [-0.2, 0) is 6.42 Å². The summed E-state index contributed by atoms with van der Waals surface area (Å²) in [6.45, 7) is 2.99. The number of hydrogen-bond donors (Lipinski definition) is 2. The van der Waals surface area contributed by atoms with Gasteiger partial charge in [-0.2, -0.15) is 23.5 Å². The molecule has 3 N–H and O–H groups in total. The monoisotopic (exact) mass is 270 g/mol. The summed E-state index contributed by atoms with van der Waals surface area (Å²) in [7, 11) is 0. The van der Waals surface area contributed by atoms with E-state index in [4.69, 9.17) is 5.73 Å². The van der Waals surface area contributed by atoms with Crippen LogP contribution < -0.4 is 11.1 Å². The molecule has 94 valence electrons. The average molecular weight is 270 g/mol. The molecule has 2 heterocycles. The average Bonchev–Trinajstić information content (AvgIpc) is 2.37. The molecular weight excluding hydrogens is 252 g/mol. The van der Waals surface area contributed by atoms with E-state index in [1.54, 1.807) is 6.07 Å². The van der Waals surface area contributed by atoms with Crippen molar-refractivity contribution in [1.82, 2.24) is 9.97 Å². The molecule has 1 aromatic heterocycles. The van der Waals surface area contributed by atoms with Gasteiger partial charge in [-0.1, -0.05) is 6.92 Å². The van der Waals surface area contributed by atoms with Gasteiger partial charge in [0.15, 0.2) is 0 Å². The summed E-state index contributed by atoms with van der Waals surface area (Å²) < 4.78 is 0. The van der Waals surface area contributed by atoms with Crippen molar-refractivity contribution in [2.45, 2.75) is 18.6 Å². The fourth-order valence-electron chi connectivity index (χ4n) is 1.64. The quantitative estimate of drug-likeness (QED) is 0.871. The third-order valence-corrected chi connectivity index (χ3v) is 5.35. The van der Waals surface area contributed by atoms with Crippen LogP contribution in [0.15, 0.2) is 6.07 Å². The molecule has 0 aliphatic carbocycles. The van der Waals surface area contributed by atoms with Crippen LogP contribution in [0.5, 0.6) is 0 Å². The van der Waals surface area contributed by atoms with E-state index >= 15 is 0 Å². The molecule has 1 unspecified atom stereocenters. The number of nitrogens with one attached hydrogen (secondary N) is 1. The predicted octanol–water partition coefficient (Wildman–Crippen LogP) is 1.88. The van der Waals surface area contributed by atoms with Crippen LogP contribution in [0.4, 0.5) is 11.6 Å². The normalized spacial score (nSPS) is 20.2. The van der Waals surface area contributed by atoms with Gasteiger partial charge in [0.05, 0.1) is 0 Å². The van der Waals surface area contributed by atoms with Gasteiger partial charge in [0, 0.05) is 41.5 Å². The van der Waals surface area contributed by atoms with E-state index in [2.05, 4.69) is 15.3 Å². The van der Waals surface area contributed by atoms with Crippen molar-refractivity contribution in [3.8, 4) is 0 Å². The highest BCUT2D eigenvalue weighted by molar-refractivity contribution is 8.06. The zero-order valence-corrected chi connectivity index (χ0v) is 11.6. The van der Waals surface area contributed by atoms with Gasteiger partial charge < -0.3 is 11.1 Å². The Kier molecular flexibility index (Phi) is 4.79. The lowest BCUT2D eigenvalue weighted by molar-refractivity contribution is 0.927. The maximum Gasteiger partial charge on any atom is 0.132 e. The highest BCUT2D eigenvalue weighted by Gasteiger charge is 2.14. The van der Waals surface area contributed by atoms with Crippen molar-refractivity contribution in [3.63, 3.8) is 0 Å². The molecule has 0 amide bonds. The molecule has 1 aromatic rings. The molecule has 17 heavy (non-hydrogen) atoms. The Morgan fingerprint density at radius 1 is 1.47 bits per heavy atom. The number of aryl methyl sites for hydroxylation is 1. The van der Waals surface area contributed by atoms with E-state index in [1.165, 1.54) is 17.3 Å². The second kappa shape index (κ2) is 6.35. The van der Waals surface area contributed by atoms with Crippen molar-refractivity contribution in [2.24, 2.45) is 0 Å². The lowest BCUT2D eigenvalue weighted by atomic mass is 10.4. The number of rotatable bonds is 4. The van der Waals surface area contributed by atoms with Gasteiger partial charge in [-0.15, -0.1) is 0 Å². The van der Waals surface area contributed by atoms with Crippen LogP contribution in [0.1, 0.15) is 12.7 Å². The number of aromatic nitrogens is 2. The molecule has 0 saturated carbocycles. The van der Waals surface area contributed by atoms with E-state index in [0.29, 0.717) is 11.1 Å². The Labute approximate surface area is 111 Å². The molecule has 1 aliphatic rings. The van der Waals surface area contributed by atoms with Crippen molar-refractivity contribution in [1.29, 1.82) is 0 Å². The summed E-state index contributed by atoms with van der Waals surface area (Å²) in [5, 5.41) is 4.04. The van der Waals surface area contributed by atoms with Gasteiger partial charge in [-0.25, -0.2) is 9.97 Å². The lowest BCUT2D eigenvalue weighted by Crippen LogP contribution is -2.23. The first-order valence-corrected chi connectivity index (χ1v) is 8.05. The van der Waals surface area contributed by atoms with Gasteiger partial charge >= 0.3 is 0 Å².